The number of rotatable bonds is 2. The zero-order chi connectivity index (χ0) is 16.0. The van der Waals surface area contributed by atoms with Gasteiger partial charge in [0.2, 0.25) is 0 Å². The standard InChI is InChI=1S/C8H11O3PS.C7H9N.CH3.Pd/c1-12(2)7-5-3-4-6-8(7)13(9,10)11;1-6-4-3-5-7(2)8-6;;/h3-6H,1-2H3,(H,9,10,11);3-5H,1-2H3;1H3;/q;;-1;/p+1. The molecule has 0 aliphatic rings. The van der Waals surface area contributed by atoms with Crippen molar-refractivity contribution in [2.24, 2.45) is 0 Å². The monoisotopic (exact) mass is 447 g/mol. The smallest absolute Gasteiger partial charge is 0.298 e. The van der Waals surface area contributed by atoms with Gasteiger partial charge in [-0.15, -0.1) is 0 Å². The maximum Gasteiger partial charge on any atom is 0.298 e. The Bertz CT molecular complexity index is 689. The SMILES string of the molecule is C[PH+](C)c1ccccc1S(=O)(=O)O.Cc1cccc(C)n1.[CH3-].[Pd]. The van der Waals surface area contributed by atoms with E-state index in [0.29, 0.717) is 0 Å². The van der Waals surface area contributed by atoms with Gasteiger partial charge in [0.05, 0.1) is 13.3 Å². The van der Waals surface area contributed by atoms with Crippen LogP contribution in [0.1, 0.15) is 11.4 Å². The summed E-state index contributed by atoms with van der Waals surface area (Å²) in [6.07, 6.45) is 0. The predicted molar refractivity (Wildman–Crippen MR) is 96.2 cm³/mol. The van der Waals surface area contributed by atoms with E-state index in [1.54, 1.807) is 18.2 Å². The Kier molecular flexibility index (Phi) is 11.8. The molecule has 0 atom stereocenters. The third-order valence-electron chi connectivity index (χ3n) is 2.73. The van der Waals surface area contributed by atoms with E-state index in [4.69, 9.17) is 4.55 Å². The number of hydrogen-bond donors (Lipinski definition) is 1. The topological polar surface area (TPSA) is 67.3 Å². The van der Waals surface area contributed by atoms with Gasteiger partial charge in [0.15, 0.2) is 0 Å². The van der Waals surface area contributed by atoms with E-state index >= 15 is 0 Å². The molecular formula is C16H24NO3PPdS. The zero-order valence-corrected chi connectivity index (χ0v) is 17.3. The van der Waals surface area contributed by atoms with E-state index in [1.807, 2.05) is 45.4 Å². The van der Waals surface area contributed by atoms with Crippen LogP contribution >= 0.6 is 7.92 Å². The maximum absolute atomic E-state index is 10.9. The molecule has 1 heterocycles. The molecule has 0 saturated heterocycles. The van der Waals surface area contributed by atoms with E-state index in [1.165, 1.54) is 6.07 Å². The van der Waals surface area contributed by atoms with Crippen molar-refractivity contribution < 1.29 is 33.4 Å². The van der Waals surface area contributed by atoms with Crippen LogP contribution in [0.25, 0.3) is 0 Å². The van der Waals surface area contributed by atoms with Gasteiger partial charge in [-0.2, -0.15) is 8.42 Å². The van der Waals surface area contributed by atoms with Gasteiger partial charge < -0.3 is 7.43 Å². The van der Waals surface area contributed by atoms with Gasteiger partial charge in [0.25, 0.3) is 10.1 Å². The molecule has 1 aromatic carbocycles. The summed E-state index contributed by atoms with van der Waals surface area (Å²) in [5.41, 5.74) is 2.18. The summed E-state index contributed by atoms with van der Waals surface area (Å²) in [4.78, 5) is 4.22. The Morgan fingerprint density at radius 1 is 0.957 bits per heavy atom. The fourth-order valence-corrected chi connectivity index (χ4v) is 4.39. The average Bonchev–Trinajstić information content (AvgIpc) is 2.38. The summed E-state index contributed by atoms with van der Waals surface area (Å²) in [5.74, 6) is 0. The Morgan fingerprint density at radius 3 is 1.74 bits per heavy atom. The maximum atomic E-state index is 10.9. The summed E-state index contributed by atoms with van der Waals surface area (Å²) in [7, 11) is -4.92. The van der Waals surface area contributed by atoms with E-state index in [9.17, 15) is 8.42 Å². The normalized spacial score (nSPS) is 10.0. The first-order valence-corrected chi connectivity index (χ1v) is 10.4. The van der Waals surface area contributed by atoms with Gasteiger partial charge in [-0.1, -0.05) is 18.2 Å². The first-order valence-electron chi connectivity index (χ1n) is 6.49. The van der Waals surface area contributed by atoms with Crippen molar-refractivity contribution in [3.63, 3.8) is 0 Å². The minimum atomic E-state index is -4.05. The van der Waals surface area contributed by atoms with E-state index in [-0.39, 0.29) is 32.7 Å². The van der Waals surface area contributed by atoms with Gasteiger partial charge in [-0.3, -0.25) is 9.54 Å². The van der Waals surface area contributed by atoms with Crippen LogP contribution in [0.5, 0.6) is 0 Å². The number of nitrogens with zero attached hydrogens (tertiary/aromatic N) is 1. The van der Waals surface area contributed by atoms with Gasteiger partial charge in [0, 0.05) is 39.7 Å². The summed E-state index contributed by atoms with van der Waals surface area (Å²) < 4.78 is 30.8. The Morgan fingerprint density at radius 2 is 1.43 bits per heavy atom. The van der Waals surface area contributed by atoms with E-state index < -0.39 is 18.0 Å². The van der Waals surface area contributed by atoms with Crippen molar-refractivity contribution in [3.8, 4) is 0 Å². The van der Waals surface area contributed by atoms with Crippen molar-refractivity contribution in [2.45, 2.75) is 18.7 Å². The largest absolute Gasteiger partial charge is 0.358 e. The third-order valence-corrected chi connectivity index (χ3v) is 5.34. The van der Waals surface area contributed by atoms with Crippen molar-refractivity contribution >= 4 is 23.3 Å². The minimum Gasteiger partial charge on any atom is -0.358 e. The van der Waals surface area contributed by atoms with Crippen LogP contribution in [0.2, 0.25) is 0 Å². The minimum absolute atomic E-state index is 0. The first-order chi connectivity index (χ1) is 9.71. The Hall–Kier alpha value is -0.628. The molecule has 2 rings (SSSR count). The number of aromatic nitrogens is 1. The van der Waals surface area contributed by atoms with Gasteiger partial charge in [-0.05, 0) is 38.1 Å². The van der Waals surface area contributed by atoms with E-state index in [0.717, 1.165) is 16.7 Å². The van der Waals surface area contributed by atoms with Gasteiger partial charge in [-0.25, -0.2) is 0 Å². The second-order valence-electron chi connectivity index (χ2n) is 4.89. The van der Waals surface area contributed by atoms with Crippen LogP contribution in [0, 0.1) is 21.3 Å². The van der Waals surface area contributed by atoms with Gasteiger partial charge >= 0.3 is 0 Å². The molecule has 7 heteroatoms. The second-order valence-corrected chi connectivity index (χ2v) is 8.82. The second kappa shape index (κ2) is 11.0. The molecule has 23 heavy (non-hydrogen) atoms. The summed E-state index contributed by atoms with van der Waals surface area (Å²) in [5, 5.41) is 0.745. The molecule has 0 aliphatic heterocycles. The molecule has 2 aromatic rings. The van der Waals surface area contributed by atoms with Crippen LogP contribution < -0.4 is 5.30 Å². The fourth-order valence-electron chi connectivity index (χ4n) is 1.78. The predicted octanol–water partition coefficient (Wildman–Crippen LogP) is 3.18. The van der Waals surface area contributed by atoms with Crippen LogP contribution in [-0.4, -0.2) is 31.3 Å². The number of hydrogen-bond acceptors (Lipinski definition) is 3. The van der Waals surface area contributed by atoms with Crippen LogP contribution in [-0.2, 0) is 30.5 Å². The van der Waals surface area contributed by atoms with Crippen molar-refractivity contribution in [1.82, 2.24) is 4.98 Å². The molecular weight excluding hydrogens is 424 g/mol. The third kappa shape index (κ3) is 8.69. The molecule has 132 valence electrons. The molecule has 0 saturated carbocycles. The van der Waals surface area contributed by atoms with Crippen LogP contribution in [0.4, 0.5) is 0 Å². The summed E-state index contributed by atoms with van der Waals surface area (Å²) in [6, 6.07) is 12.6. The molecule has 0 unspecified atom stereocenters. The van der Waals surface area contributed by atoms with Crippen molar-refractivity contribution in [1.29, 1.82) is 0 Å². The Labute approximate surface area is 154 Å². The molecule has 1 aromatic heterocycles. The quantitative estimate of drug-likeness (QED) is 0.332. The average molecular weight is 448 g/mol. The van der Waals surface area contributed by atoms with E-state index in [2.05, 4.69) is 4.98 Å². The molecule has 4 nitrogen and oxygen atoms in total. The van der Waals surface area contributed by atoms with Crippen LogP contribution in [0.15, 0.2) is 47.4 Å². The molecule has 1 N–H and O–H groups in total. The summed E-state index contributed by atoms with van der Waals surface area (Å²) >= 11 is 0. The molecule has 0 bridgehead atoms. The first kappa shape index (κ1) is 24.6. The fraction of sp³-hybridized carbons (Fsp3) is 0.250. The van der Waals surface area contributed by atoms with Gasteiger partial charge in [0.1, 0.15) is 10.2 Å². The number of pyridine rings is 1. The van der Waals surface area contributed by atoms with Crippen molar-refractivity contribution in [3.05, 3.63) is 61.3 Å². The molecule has 0 amide bonds. The number of benzene rings is 1. The number of aryl methyl sites for hydroxylation is 2. The molecule has 0 fully saturated rings. The molecule has 0 aliphatic carbocycles. The Balaban J connectivity index is 0. The molecule has 0 spiro atoms. The molecule has 0 radical (unpaired) electrons. The zero-order valence-electron chi connectivity index (χ0n) is 14.0. The van der Waals surface area contributed by atoms with Crippen molar-refractivity contribution in [2.75, 3.05) is 13.3 Å². The van der Waals surface area contributed by atoms with Crippen LogP contribution in [0.3, 0.4) is 0 Å². The summed E-state index contributed by atoms with van der Waals surface area (Å²) in [6.45, 7) is 7.95.